The Balaban J connectivity index is 0.00000121. The quantitative estimate of drug-likeness (QED) is 0.320. The molecule has 0 heterocycles. The van der Waals surface area contributed by atoms with E-state index in [9.17, 15) is 0 Å². The lowest BCUT2D eigenvalue weighted by molar-refractivity contribution is 0.204. The zero-order chi connectivity index (χ0) is 26.6. The summed E-state index contributed by atoms with van der Waals surface area (Å²) in [5, 5.41) is 0. The summed E-state index contributed by atoms with van der Waals surface area (Å²) in [6.45, 7) is 13.7. The third-order valence-electron chi connectivity index (χ3n) is 9.82. The molecule has 1 atom stereocenters. The van der Waals surface area contributed by atoms with E-state index in [0.717, 1.165) is 42.4 Å². The monoisotopic (exact) mass is 502 g/mol. The molecule has 0 saturated heterocycles. The molecular formula is C37H58. The highest BCUT2D eigenvalue weighted by molar-refractivity contribution is 5.35. The summed E-state index contributed by atoms with van der Waals surface area (Å²) in [7, 11) is 0. The van der Waals surface area contributed by atoms with Crippen LogP contribution in [-0.2, 0) is 19.3 Å². The second-order valence-electron chi connectivity index (χ2n) is 12.4. The minimum Gasteiger partial charge on any atom is -0.0656 e. The molecule has 0 heteroatoms. The van der Waals surface area contributed by atoms with Gasteiger partial charge in [0, 0.05) is 0 Å². The molecule has 2 aliphatic rings. The molecule has 37 heavy (non-hydrogen) atoms. The van der Waals surface area contributed by atoms with Crippen LogP contribution >= 0.6 is 0 Å². The second kappa shape index (κ2) is 15.8. The molecular weight excluding hydrogens is 444 g/mol. The highest BCUT2D eigenvalue weighted by atomic mass is 14.3. The number of aryl methyl sites for hydroxylation is 3. The van der Waals surface area contributed by atoms with Gasteiger partial charge >= 0.3 is 0 Å². The van der Waals surface area contributed by atoms with Crippen LogP contribution in [0.4, 0.5) is 0 Å². The van der Waals surface area contributed by atoms with Gasteiger partial charge in [0.1, 0.15) is 0 Å². The third-order valence-corrected chi connectivity index (χ3v) is 9.82. The molecule has 2 fully saturated rings. The zero-order valence-electron chi connectivity index (χ0n) is 25.3. The first-order valence-corrected chi connectivity index (χ1v) is 16.2. The Bertz CT molecular complexity index is 875. The maximum atomic E-state index is 2.52. The molecule has 2 aliphatic carbocycles. The van der Waals surface area contributed by atoms with Gasteiger partial charge in [-0.3, -0.25) is 0 Å². The van der Waals surface area contributed by atoms with Crippen molar-refractivity contribution in [3.05, 3.63) is 70.3 Å². The summed E-state index contributed by atoms with van der Waals surface area (Å²) in [5.41, 5.74) is 7.86. The molecule has 1 unspecified atom stereocenters. The van der Waals surface area contributed by atoms with Gasteiger partial charge in [0.2, 0.25) is 0 Å². The lowest BCUT2D eigenvalue weighted by atomic mass is 9.74. The molecule has 2 aromatic rings. The molecule has 206 valence electrons. The van der Waals surface area contributed by atoms with Crippen LogP contribution in [0.3, 0.4) is 0 Å². The predicted octanol–water partition coefficient (Wildman–Crippen LogP) is 11.5. The molecule has 0 N–H and O–H groups in total. The van der Waals surface area contributed by atoms with Crippen molar-refractivity contribution in [2.75, 3.05) is 0 Å². The fourth-order valence-corrected chi connectivity index (χ4v) is 7.04. The smallest absolute Gasteiger partial charge is 0.0161 e. The summed E-state index contributed by atoms with van der Waals surface area (Å²) >= 11 is 0. The summed E-state index contributed by atoms with van der Waals surface area (Å²) in [6.07, 6.45) is 18.9. The fraction of sp³-hybridized carbons (Fsp3) is 0.676. The normalized spacial score (nSPS) is 24.7. The lowest BCUT2D eigenvalue weighted by Crippen LogP contribution is -2.20. The van der Waals surface area contributed by atoms with Crippen molar-refractivity contribution in [3.8, 4) is 0 Å². The minimum absolute atomic E-state index is 0.765. The average molecular weight is 503 g/mol. The Hall–Kier alpha value is -1.56. The van der Waals surface area contributed by atoms with Crippen LogP contribution in [0.5, 0.6) is 0 Å². The van der Waals surface area contributed by atoms with E-state index in [1.165, 1.54) is 77.0 Å². The first-order chi connectivity index (χ1) is 18.0. The molecule has 0 radical (unpaired) electrons. The minimum atomic E-state index is 0.765. The fourth-order valence-electron chi connectivity index (χ4n) is 7.04. The summed E-state index contributed by atoms with van der Waals surface area (Å²) in [4.78, 5) is 0. The van der Waals surface area contributed by atoms with Crippen molar-refractivity contribution >= 4 is 0 Å². The Labute approximate surface area is 231 Å². The topological polar surface area (TPSA) is 0 Å². The maximum Gasteiger partial charge on any atom is -0.0161 e. The van der Waals surface area contributed by atoms with E-state index >= 15 is 0 Å². The molecule has 0 aromatic heterocycles. The molecule has 2 saturated carbocycles. The Morgan fingerprint density at radius 2 is 1.19 bits per heavy atom. The SMILES string of the molecule is CCC.CCc1ccc(C2CCC(c3ccc(CCC4CCC(C(C)CC)CC4)cc3)CC2)cc1CC. The largest absolute Gasteiger partial charge is 0.0656 e. The van der Waals surface area contributed by atoms with Crippen molar-refractivity contribution in [3.63, 3.8) is 0 Å². The Kier molecular flexibility index (Phi) is 12.8. The highest BCUT2D eigenvalue weighted by Crippen LogP contribution is 2.41. The van der Waals surface area contributed by atoms with Crippen LogP contribution < -0.4 is 0 Å². The first-order valence-electron chi connectivity index (χ1n) is 16.2. The van der Waals surface area contributed by atoms with E-state index in [1.54, 1.807) is 27.8 Å². The van der Waals surface area contributed by atoms with Crippen LogP contribution in [0.25, 0.3) is 0 Å². The molecule has 4 rings (SSSR count). The maximum absolute atomic E-state index is 2.52. The van der Waals surface area contributed by atoms with Crippen LogP contribution in [0.2, 0.25) is 0 Å². The van der Waals surface area contributed by atoms with E-state index in [-0.39, 0.29) is 0 Å². The number of hydrogen-bond acceptors (Lipinski definition) is 0. The van der Waals surface area contributed by atoms with Crippen molar-refractivity contribution in [1.82, 2.24) is 0 Å². The molecule has 0 bridgehead atoms. The van der Waals surface area contributed by atoms with Gasteiger partial charge in [-0.25, -0.2) is 0 Å². The molecule has 0 spiro atoms. The Morgan fingerprint density at radius 3 is 1.73 bits per heavy atom. The van der Waals surface area contributed by atoms with E-state index in [2.05, 4.69) is 84.0 Å². The zero-order valence-corrected chi connectivity index (χ0v) is 25.3. The van der Waals surface area contributed by atoms with Crippen molar-refractivity contribution in [1.29, 1.82) is 0 Å². The number of rotatable bonds is 9. The van der Waals surface area contributed by atoms with Gasteiger partial charge in [-0.05, 0) is 122 Å². The van der Waals surface area contributed by atoms with E-state index < -0.39 is 0 Å². The summed E-state index contributed by atoms with van der Waals surface area (Å²) in [6, 6.07) is 17.2. The highest BCUT2D eigenvalue weighted by Gasteiger charge is 2.25. The second-order valence-corrected chi connectivity index (χ2v) is 12.4. The van der Waals surface area contributed by atoms with Crippen molar-refractivity contribution in [2.24, 2.45) is 17.8 Å². The number of hydrogen-bond donors (Lipinski definition) is 0. The molecule has 2 aromatic carbocycles. The molecule has 0 aliphatic heterocycles. The van der Waals surface area contributed by atoms with Crippen LogP contribution in [-0.4, -0.2) is 0 Å². The van der Waals surface area contributed by atoms with Crippen LogP contribution in [0, 0.1) is 17.8 Å². The van der Waals surface area contributed by atoms with Gasteiger partial charge in [0.05, 0.1) is 0 Å². The van der Waals surface area contributed by atoms with Crippen molar-refractivity contribution < 1.29 is 0 Å². The van der Waals surface area contributed by atoms with E-state index in [1.807, 2.05) is 0 Å². The van der Waals surface area contributed by atoms with E-state index in [4.69, 9.17) is 0 Å². The van der Waals surface area contributed by atoms with Gasteiger partial charge in [-0.2, -0.15) is 0 Å². The van der Waals surface area contributed by atoms with E-state index in [0.29, 0.717) is 0 Å². The van der Waals surface area contributed by atoms with Gasteiger partial charge in [-0.1, -0.05) is 110 Å². The summed E-state index contributed by atoms with van der Waals surface area (Å²) in [5.74, 6) is 4.43. The third kappa shape index (κ3) is 8.73. The first kappa shape index (κ1) is 30.0. The van der Waals surface area contributed by atoms with Crippen LogP contribution in [0.1, 0.15) is 152 Å². The number of benzene rings is 2. The van der Waals surface area contributed by atoms with Gasteiger partial charge in [-0.15, -0.1) is 0 Å². The standard InChI is InChI=1S/C34H50.C3H8/c1-5-25(4)30-14-10-26(11-15-30)8-9-27-12-16-31(17-13-27)32-19-21-33(22-20-32)34-23-18-28(6-2)29(7-3)24-34;1-3-2/h12-13,16-18,23-26,30,32-33H,5-11,14-15,19-22H2,1-4H3;3H2,1-2H3. The van der Waals surface area contributed by atoms with Gasteiger partial charge < -0.3 is 0 Å². The lowest BCUT2D eigenvalue weighted by Gasteiger charge is -2.32. The van der Waals surface area contributed by atoms with Crippen LogP contribution in [0.15, 0.2) is 42.5 Å². The predicted molar refractivity (Wildman–Crippen MR) is 165 cm³/mol. The Morgan fingerprint density at radius 1 is 0.649 bits per heavy atom. The van der Waals surface area contributed by atoms with Gasteiger partial charge in [0.15, 0.2) is 0 Å². The van der Waals surface area contributed by atoms with Crippen molar-refractivity contribution in [2.45, 2.75) is 143 Å². The summed E-state index contributed by atoms with van der Waals surface area (Å²) < 4.78 is 0. The molecule has 0 nitrogen and oxygen atoms in total. The average Bonchev–Trinajstić information content (AvgIpc) is 2.96. The molecule has 0 amide bonds. The van der Waals surface area contributed by atoms with Gasteiger partial charge in [0.25, 0.3) is 0 Å².